The molecule has 1 fully saturated rings. The summed E-state index contributed by atoms with van der Waals surface area (Å²) in [5.74, 6) is -0.812. The number of carboxylic acids is 1. The molecule has 1 aliphatic rings. The molecule has 1 amide bonds. The molecule has 0 spiro atoms. The second-order valence-corrected chi connectivity index (χ2v) is 5.44. The van der Waals surface area contributed by atoms with Crippen molar-refractivity contribution in [3.8, 4) is 0 Å². The van der Waals surface area contributed by atoms with Crippen LogP contribution < -0.4 is 5.32 Å². The van der Waals surface area contributed by atoms with E-state index in [0.717, 1.165) is 12.8 Å². The summed E-state index contributed by atoms with van der Waals surface area (Å²) in [6.07, 6.45) is 4.50. The maximum Gasteiger partial charge on any atom is 0.326 e. The molecule has 1 heterocycles. The van der Waals surface area contributed by atoms with E-state index >= 15 is 0 Å². The third kappa shape index (κ3) is 3.36. The Kier molecular flexibility index (Phi) is 3.93. The van der Waals surface area contributed by atoms with Crippen molar-refractivity contribution < 1.29 is 14.7 Å². The normalized spacial score (nSPS) is 16.4. The molecule has 0 aliphatic heterocycles. The largest absolute Gasteiger partial charge is 0.480 e. The number of aromatic nitrogens is 1. The molecule has 2 rings (SSSR count). The molecule has 5 nitrogen and oxygen atoms in total. The van der Waals surface area contributed by atoms with Gasteiger partial charge in [0.2, 0.25) is 0 Å². The van der Waals surface area contributed by atoms with Gasteiger partial charge in [-0.05, 0) is 38.3 Å². The van der Waals surface area contributed by atoms with Gasteiger partial charge in [0, 0.05) is 12.2 Å². The summed E-state index contributed by atoms with van der Waals surface area (Å²) in [6.45, 7) is 3.96. The Morgan fingerprint density at radius 3 is 2.68 bits per heavy atom. The van der Waals surface area contributed by atoms with Gasteiger partial charge in [-0.1, -0.05) is 12.8 Å². The summed E-state index contributed by atoms with van der Waals surface area (Å²) in [4.78, 5) is 23.3. The average Bonchev–Trinajstić information content (AvgIpc) is 3.01. The van der Waals surface area contributed by atoms with Crippen molar-refractivity contribution in [3.63, 3.8) is 0 Å². The number of hydrogen-bond acceptors (Lipinski definition) is 2. The Balaban J connectivity index is 2.05. The number of amides is 1. The highest BCUT2D eigenvalue weighted by Gasteiger charge is 2.30. The van der Waals surface area contributed by atoms with Gasteiger partial charge in [-0.25, -0.2) is 4.79 Å². The Morgan fingerprint density at radius 2 is 2.16 bits per heavy atom. The van der Waals surface area contributed by atoms with Crippen LogP contribution in [0.25, 0.3) is 0 Å². The molecule has 1 aliphatic carbocycles. The maximum atomic E-state index is 12.2. The van der Waals surface area contributed by atoms with Crippen LogP contribution in [0.2, 0.25) is 0 Å². The molecule has 0 radical (unpaired) electrons. The van der Waals surface area contributed by atoms with E-state index in [4.69, 9.17) is 5.11 Å². The van der Waals surface area contributed by atoms with Crippen LogP contribution in [0, 0.1) is 5.92 Å². The fraction of sp³-hybridized carbons (Fsp3) is 0.571. The molecule has 104 valence electrons. The summed E-state index contributed by atoms with van der Waals surface area (Å²) in [5.41, 5.74) is 0.511. The molecule has 0 aromatic carbocycles. The maximum absolute atomic E-state index is 12.2. The lowest BCUT2D eigenvalue weighted by Gasteiger charge is -2.16. The van der Waals surface area contributed by atoms with Crippen molar-refractivity contribution in [2.75, 3.05) is 0 Å². The van der Waals surface area contributed by atoms with E-state index in [0.29, 0.717) is 18.0 Å². The fourth-order valence-corrected chi connectivity index (χ4v) is 2.18. The monoisotopic (exact) mass is 264 g/mol. The molecule has 1 aromatic rings. The van der Waals surface area contributed by atoms with Crippen molar-refractivity contribution >= 4 is 11.9 Å². The molecular formula is C14H20N2O3. The van der Waals surface area contributed by atoms with Gasteiger partial charge in [-0.2, -0.15) is 0 Å². The van der Waals surface area contributed by atoms with Gasteiger partial charge in [-0.15, -0.1) is 0 Å². The quantitative estimate of drug-likeness (QED) is 0.826. The van der Waals surface area contributed by atoms with Crippen molar-refractivity contribution in [2.45, 2.75) is 45.2 Å². The second-order valence-electron chi connectivity index (χ2n) is 5.44. The van der Waals surface area contributed by atoms with E-state index in [1.165, 1.54) is 0 Å². The molecule has 1 saturated carbocycles. The summed E-state index contributed by atoms with van der Waals surface area (Å²) in [6, 6.07) is 2.90. The standard InChI is InChI=1S/C14H20N2O3/c1-9(2)16-7-3-4-12(16)13(17)15-11(14(18)19)8-10-5-6-10/h3-4,7,9-11H,5-6,8H2,1-2H3,(H,15,17)(H,18,19)/t11-/m0/s1. The van der Waals surface area contributed by atoms with Crippen LogP contribution in [0.15, 0.2) is 18.3 Å². The van der Waals surface area contributed by atoms with Crippen molar-refractivity contribution in [3.05, 3.63) is 24.0 Å². The van der Waals surface area contributed by atoms with Crippen LogP contribution >= 0.6 is 0 Å². The van der Waals surface area contributed by atoms with E-state index in [2.05, 4.69) is 5.32 Å². The lowest BCUT2D eigenvalue weighted by atomic mass is 10.1. The molecule has 5 heteroatoms. The molecule has 0 unspecified atom stereocenters. The average molecular weight is 264 g/mol. The smallest absolute Gasteiger partial charge is 0.326 e. The molecule has 1 aromatic heterocycles. The number of carbonyl (C=O) groups is 2. The van der Waals surface area contributed by atoms with Gasteiger partial charge < -0.3 is 15.0 Å². The number of nitrogens with zero attached hydrogens (tertiary/aromatic N) is 1. The van der Waals surface area contributed by atoms with Crippen molar-refractivity contribution in [2.24, 2.45) is 5.92 Å². The van der Waals surface area contributed by atoms with Gasteiger partial charge in [0.05, 0.1) is 0 Å². The van der Waals surface area contributed by atoms with Crippen LogP contribution in [-0.4, -0.2) is 27.6 Å². The number of hydrogen-bond donors (Lipinski definition) is 2. The minimum Gasteiger partial charge on any atom is -0.480 e. The third-order valence-corrected chi connectivity index (χ3v) is 3.44. The number of aliphatic carboxylic acids is 1. The van der Waals surface area contributed by atoms with Gasteiger partial charge in [0.25, 0.3) is 5.91 Å². The van der Waals surface area contributed by atoms with Crippen molar-refractivity contribution in [1.82, 2.24) is 9.88 Å². The van der Waals surface area contributed by atoms with E-state index < -0.39 is 12.0 Å². The predicted octanol–water partition coefficient (Wildman–Crippen LogP) is 2.05. The zero-order valence-electron chi connectivity index (χ0n) is 11.3. The first-order valence-electron chi connectivity index (χ1n) is 6.69. The first-order chi connectivity index (χ1) is 8.99. The Labute approximate surface area is 112 Å². The number of nitrogens with one attached hydrogen (secondary N) is 1. The predicted molar refractivity (Wildman–Crippen MR) is 71.0 cm³/mol. The van der Waals surface area contributed by atoms with E-state index in [-0.39, 0.29) is 11.9 Å². The van der Waals surface area contributed by atoms with Crippen LogP contribution in [-0.2, 0) is 4.79 Å². The number of carboxylic acid groups (broad SMARTS) is 1. The lowest BCUT2D eigenvalue weighted by molar-refractivity contribution is -0.139. The SMILES string of the molecule is CC(C)n1cccc1C(=O)N[C@@H](CC1CC1)C(=O)O. The summed E-state index contributed by atoms with van der Waals surface area (Å²) < 4.78 is 1.84. The first kappa shape index (κ1) is 13.6. The zero-order chi connectivity index (χ0) is 14.0. The minimum atomic E-state index is -0.956. The molecule has 1 atom stereocenters. The van der Waals surface area contributed by atoms with E-state index in [9.17, 15) is 9.59 Å². The summed E-state index contributed by atoms with van der Waals surface area (Å²) >= 11 is 0. The zero-order valence-corrected chi connectivity index (χ0v) is 11.3. The van der Waals surface area contributed by atoms with Gasteiger partial charge in [-0.3, -0.25) is 4.79 Å². The summed E-state index contributed by atoms with van der Waals surface area (Å²) in [7, 11) is 0. The van der Waals surface area contributed by atoms with Gasteiger partial charge in [0.15, 0.2) is 0 Å². The van der Waals surface area contributed by atoms with Crippen LogP contribution in [0.3, 0.4) is 0 Å². The number of rotatable bonds is 6. The Bertz CT molecular complexity index is 475. The molecule has 19 heavy (non-hydrogen) atoms. The molecular weight excluding hydrogens is 244 g/mol. The van der Waals surface area contributed by atoms with E-state index in [1.54, 1.807) is 12.1 Å². The lowest BCUT2D eigenvalue weighted by Crippen LogP contribution is -2.41. The molecule has 0 bridgehead atoms. The van der Waals surface area contributed by atoms with E-state index in [1.807, 2.05) is 24.6 Å². The highest BCUT2D eigenvalue weighted by Crippen LogP contribution is 2.33. The second kappa shape index (κ2) is 5.47. The minimum absolute atomic E-state index is 0.169. The van der Waals surface area contributed by atoms with Crippen LogP contribution in [0.5, 0.6) is 0 Å². The van der Waals surface area contributed by atoms with Crippen LogP contribution in [0.1, 0.15) is 49.6 Å². The highest BCUT2D eigenvalue weighted by atomic mass is 16.4. The van der Waals surface area contributed by atoms with Crippen LogP contribution in [0.4, 0.5) is 0 Å². The van der Waals surface area contributed by atoms with Gasteiger partial charge in [0.1, 0.15) is 11.7 Å². The summed E-state index contributed by atoms with van der Waals surface area (Å²) in [5, 5.41) is 11.8. The van der Waals surface area contributed by atoms with Crippen molar-refractivity contribution in [1.29, 1.82) is 0 Å². The third-order valence-electron chi connectivity index (χ3n) is 3.44. The highest BCUT2D eigenvalue weighted by molar-refractivity contribution is 5.95. The first-order valence-corrected chi connectivity index (χ1v) is 6.69. The number of carbonyl (C=O) groups excluding carboxylic acids is 1. The molecule has 0 saturated heterocycles. The topological polar surface area (TPSA) is 71.3 Å². The van der Waals surface area contributed by atoms with Gasteiger partial charge >= 0.3 is 5.97 Å². The molecule has 2 N–H and O–H groups in total. The Hall–Kier alpha value is -1.78. The Morgan fingerprint density at radius 1 is 1.47 bits per heavy atom. The fourth-order valence-electron chi connectivity index (χ4n) is 2.18.